The number of carboxylic acids is 1. The van der Waals surface area contributed by atoms with Crippen LogP contribution >= 0.6 is 23.2 Å². The summed E-state index contributed by atoms with van der Waals surface area (Å²) in [4.78, 5) is 42.3. The van der Waals surface area contributed by atoms with Gasteiger partial charge in [-0.15, -0.1) is 5.10 Å². The molecule has 0 radical (unpaired) electrons. The van der Waals surface area contributed by atoms with Crippen LogP contribution in [0.1, 0.15) is 11.6 Å². The molecule has 2 aromatic carbocycles. The summed E-state index contributed by atoms with van der Waals surface area (Å²) in [5.74, 6) is -1.45. The summed E-state index contributed by atoms with van der Waals surface area (Å²) in [6, 6.07) is 16.0. The summed E-state index contributed by atoms with van der Waals surface area (Å²) in [6.07, 6.45) is 4.42. The van der Waals surface area contributed by atoms with Gasteiger partial charge in [0.25, 0.3) is 5.56 Å². The van der Waals surface area contributed by atoms with Gasteiger partial charge in [-0.2, -0.15) is 5.10 Å². The van der Waals surface area contributed by atoms with Crippen molar-refractivity contribution in [3.05, 3.63) is 105 Å². The van der Waals surface area contributed by atoms with E-state index in [1.807, 2.05) is 30.3 Å². The molecule has 5 rings (SSSR count). The normalized spacial score (nSPS) is 11.8. The molecule has 0 aliphatic heterocycles. The summed E-state index contributed by atoms with van der Waals surface area (Å²) in [5, 5.41) is 24.1. The fourth-order valence-electron chi connectivity index (χ4n) is 4.09. The second kappa shape index (κ2) is 11.5. The lowest BCUT2D eigenvalue weighted by molar-refractivity contribution is -0.137. The molecular weight excluding hydrogens is 559 g/mol. The van der Waals surface area contributed by atoms with E-state index in [4.69, 9.17) is 28.3 Å². The average Bonchev–Trinajstić information content (AvgIpc) is 3.56. The highest BCUT2D eigenvalue weighted by Crippen LogP contribution is 2.28. The van der Waals surface area contributed by atoms with Crippen LogP contribution in [0.15, 0.2) is 84.2 Å². The number of aromatic nitrogens is 7. The number of hydrogen-bond acceptors (Lipinski definition) is 7. The molecule has 0 aliphatic carbocycles. The van der Waals surface area contributed by atoms with Crippen molar-refractivity contribution in [3.63, 3.8) is 0 Å². The molecule has 0 saturated carbocycles. The molecule has 3 heterocycles. The van der Waals surface area contributed by atoms with E-state index in [1.165, 1.54) is 44.8 Å². The second-order valence-electron chi connectivity index (χ2n) is 8.65. The van der Waals surface area contributed by atoms with Crippen LogP contribution in [0.5, 0.6) is 0 Å². The average molecular weight is 579 g/mol. The van der Waals surface area contributed by atoms with E-state index in [-0.39, 0.29) is 23.9 Å². The van der Waals surface area contributed by atoms with Gasteiger partial charge < -0.3 is 10.4 Å². The molecule has 12 nitrogen and oxygen atoms in total. The molecule has 40 heavy (non-hydrogen) atoms. The summed E-state index contributed by atoms with van der Waals surface area (Å²) in [5.41, 5.74) is 1.68. The molecule has 0 spiro atoms. The van der Waals surface area contributed by atoms with Crippen LogP contribution in [0.4, 0.5) is 5.82 Å². The number of rotatable bonds is 9. The lowest BCUT2D eigenvalue weighted by Crippen LogP contribution is -2.35. The Hall–Kier alpha value is -4.81. The van der Waals surface area contributed by atoms with Gasteiger partial charge in [0.2, 0.25) is 5.91 Å². The van der Waals surface area contributed by atoms with Gasteiger partial charge in [-0.1, -0.05) is 58.7 Å². The molecule has 1 amide bonds. The summed E-state index contributed by atoms with van der Waals surface area (Å²) in [7, 11) is 0. The zero-order valence-corrected chi connectivity index (χ0v) is 22.1. The number of halogens is 2. The molecule has 1 atom stereocenters. The zero-order chi connectivity index (χ0) is 28.2. The summed E-state index contributed by atoms with van der Waals surface area (Å²) in [6.45, 7) is -0.361. The van der Waals surface area contributed by atoms with Gasteiger partial charge >= 0.3 is 5.97 Å². The third kappa shape index (κ3) is 6.08. The highest BCUT2D eigenvalue weighted by atomic mass is 35.5. The Balaban J connectivity index is 1.50. The lowest BCUT2D eigenvalue weighted by atomic mass is 10.0. The first-order valence-electron chi connectivity index (χ1n) is 11.8. The number of aliphatic carboxylic acids is 1. The monoisotopic (exact) mass is 578 g/mol. The largest absolute Gasteiger partial charge is 0.480 e. The van der Waals surface area contributed by atoms with Crippen LogP contribution in [-0.4, -0.2) is 51.3 Å². The van der Waals surface area contributed by atoms with Crippen LogP contribution in [0.25, 0.3) is 16.9 Å². The quantitative estimate of drug-likeness (QED) is 0.270. The molecule has 202 valence electrons. The van der Waals surface area contributed by atoms with Crippen molar-refractivity contribution in [2.75, 3.05) is 5.32 Å². The van der Waals surface area contributed by atoms with Crippen molar-refractivity contribution in [1.82, 2.24) is 34.3 Å². The van der Waals surface area contributed by atoms with Crippen LogP contribution in [-0.2, 0) is 22.6 Å². The Morgan fingerprint density at radius 3 is 2.55 bits per heavy atom. The molecule has 3 aromatic heterocycles. The minimum atomic E-state index is -1.07. The van der Waals surface area contributed by atoms with E-state index in [2.05, 4.69) is 25.7 Å². The molecule has 2 N–H and O–H groups in total. The predicted molar refractivity (Wildman–Crippen MR) is 147 cm³/mol. The van der Waals surface area contributed by atoms with E-state index in [9.17, 15) is 14.4 Å². The number of benzene rings is 2. The molecular formula is C26H20Cl2N8O4. The van der Waals surface area contributed by atoms with Gasteiger partial charge in [0.1, 0.15) is 12.6 Å². The molecule has 1 unspecified atom stereocenters. The summed E-state index contributed by atoms with van der Waals surface area (Å²) >= 11 is 12.2. The highest BCUT2D eigenvalue weighted by molar-refractivity contribution is 6.31. The lowest BCUT2D eigenvalue weighted by Gasteiger charge is -2.19. The Bertz CT molecular complexity index is 1750. The topological polar surface area (TPSA) is 150 Å². The number of carbonyl (C=O) groups is 2. The van der Waals surface area contributed by atoms with E-state index in [1.54, 1.807) is 18.2 Å². The van der Waals surface area contributed by atoms with Gasteiger partial charge in [0, 0.05) is 35.3 Å². The standard InChI is InChI=1S/C26H20Cl2N8O4/c27-17-6-7-20(36-13-22(28)31-33-36)18(11-17)19-12-24(37)35(15-29-19)21(10-16-4-2-1-3-5-16)26(40)30-23-8-9-34(32-23)14-25(38)39/h1-9,11-13,15,21H,10,14H2,(H,38,39)(H,30,32,40). The van der Waals surface area contributed by atoms with Crippen LogP contribution < -0.4 is 10.9 Å². The Kier molecular flexibility index (Phi) is 7.71. The first-order chi connectivity index (χ1) is 19.3. The number of nitrogens with zero attached hydrogens (tertiary/aromatic N) is 7. The van der Waals surface area contributed by atoms with E-state index in [0.717, 1.165) is 5.56 Å². The maximum absolute atomic E-state index is 13.4. The van der Waals surface area contributed by atoms with Crippen LogP contribution in [0.3, 0.4) is 0 Å². The SMILES string of the molecule is O=C(O)Cn1ccc(NC(=O)C(Cc2ccccc2)n2cnc(-c3cc(Cl)ccc3-n3cc(Cl)nn3)cc2=O)n1. The van der Waals surface area contributed by atoms with Crippen molar-refractivity contribution in [1.29, 1.82) is 0 Å². The Morgan fingerprint density at radius 2 is 1.85 bits per heavy atom. The smallest absolute Gasteiger partial charge is 0.325 e. The first kappa shape index (κ1) is 26.8. The molecule has 0 aliphatic rings. The van der Waals surface area contributed by atoms with Gasteiger partial charge in [0.05, 0.1) is 23.9 Å². The number of hydrogen-bond donors (Lipinski definition) is 2. The number of nitrogens with one attached hydrogen (secondary N) is 1. The number of amides is 1. The molecule has 0 fully saturated rings. The minimum Gasteiger partial charge on any atom is -0.480 e. The Morgan fingerprint density at radius 1 is 1.05 bits per heavy atom. The Labute approximate surface area is 236 Å². The van der Waals surface area contributed by atoms with Gasteiger partial charge in [-0.25, -0.2) is 9.67 Å². The van der Waals surface area contributed by atoms with Gasteiger partial charge in [0.15, 0.2) is 11.0 Å². The van der Waals surface area contributed by atoms with E-state index in [0.29, 0.717) is 22.0 Å². The molecule has 0 bridgehead atoms. The predicted octanol–water partition coefficient (Wildman–Crippen LogP) is 3.50. The highest BCUT2D eigenvalue weighted by Gasteiger charge is 2.24. The second-order valence-corrected chi connectivity index (χ2v) is 9.48. The maximum Gasteiger partial charge on any atom is 0.325 e. The number of anilines is 1. The fraction of sp³-hybridized carbons (Fsp3) is 0.115. The maximum atomic E-state index is 13.4. The van der Waals surface area contributed by atoms with Crippen LogP contribution in [0, 0.1) is 0 Å². The molecule has 14 heteroatoms. The summed E-state index contributed by atoms with van der Waals surface area (Å²) < 4.78 is 3.85. The number of carboxylic acid groups (broad SMARTS) is 1. The van der Waals surface area contributed by atoms with E-state index >= 15 is 0 Å². The van der Waals surface area contributed by atoms with E-state index < -0.39 is 23.5 Å². The third-order valence-electron chi connectivity index (χ3n) is 5.88. The fourth-order valence-corrected chi connectivity index (χ4v) is 4.38. The number of carbonyl (C=O) groups excluding carboxylic acids is 1. The minimum absolute atomic E-state index is 0.150. The van der Waals surface area contributed by atoms with Crippen molar-refractivity contribution in [2.24, 2.45) is 0 Å². The van der Waals surface area contributed by atoms with Crippen molar-refractivity contribution < 1.29 is 14.7 Å². The van der Waals surface area contributed by atoms with Crippen molar-refractivity contribution >= 4 is 40.9 Å². The van der Waals surface area contributed by atoms with Crippen molar-refractivity contribution in [2.45, 2.75) is 19.0 Å². The third-order valence-corrected chi connectivity index (χ3v) is 6.29. The molecule has 5 aromatic rings. The molecule has 0 saturated heterocycles. The van der Waals surface area contributed by atoms with Gasteiger partial charge in [-0.3, -0.25) is 23.6 Å². The van der Waals surface area contributed by atoms with Crippen LogP contribution in [0.2, 0.25) is 10.2 Å². The first-order valence-corrected chi connectivity index (χ1v) is 12.6. The van der Waals surface area contributed by atoms with Crippen molar-refractivity contribution in [3.8, 4) is 16.9 Å². The van der Waals surface area contributed by atoms with Gasteiger partial charge in [-0.05, 0) is 23.8 Å². The zero-order valence-electron chi connectivity index (χ0n) is 20.6.